The predicted octanol–water partition coefficient (Wildman–Crippen LogP) is 2.41. The second kappa shape index (κ2) is 6.16. The maximum atomic E-state index is 13.3. The SMILES string of the molecule is CCOC1CCCN(Cc2cc(N)cc(F)c2)C1. The number of nitrogens with two attached hydrogens (primary N) is 1. The van der Waals surface area contributed by atoms with Gasteiger partial charge < -0.3 is 10.5 Å². The summed E-state index contributed by atoms with van der Waals surface area (Å²) in [6.07, 6.45) is 2.57. The highest BCUT2D eigenvalue weighted by Gasteiger charge is 2.20. The Bertz CT molecular complexity index is 375. The lowest BCUT2D eigenvalue weighted by molar-refractivity contribution is 0.00362. The first-order valence-corrected chi connectivity index (χ1v) is 6.56. The normalized spacial score (nSPS) is 21.1. The van der Waals surface area contributed by atoms with Crippen molar-refractivity contribution in [3.8, 4) is 0 Å². The largest absolute Gasteiger partial charge is 0.399 e. The fraction of sp³-hybridized carbons (Fsp3) is 0.571. The van der Waals surface area contributed by atoms with Crippen molar-refractivity contribution >= 4 is 5.69 Å². The lowest BCUT2D eigenvalue weighted by atomic mass is 10.1. The summed E-state index contributed by atoms with van der Waals surface area (Å²) in [5, 5.41) is 0. The van der Waals surface area contributed by atoms with Gasteiger partial charge in [-0.1, -0.05) is 0 Å². The van der Waals surface area contributed by atoms with Crippen LogP contribution in [-0.4, -0.2) is 30.7 Å². The number of halogens is 1. The third kappa shape index (κ3) is 3.68. The van der Waals surface area contributed by atoms with Crippen molar-refractivity contribution in [3.05, 3.63) is 29.6 Å². The van der Waals surface area contributed by atoms with E-state index in [2.05, 4.69) is 4.90 Å². The molecule has 1 aliphatic heterocycles. The van der Waals surface area contributed by atoms with Crippen LogP contribution in [0.1, 0.15) is 25.3 Å². The zero-order valence-corrected chi connectivity index (χ0v) is 10.9. The van der Waals surface area contributed by atoms with Crippen molar-refractivity contribution in [1.29, 1.82) is 0 Å². The molecule has 4 heteroatoms. The van der Waals surface area contributed by atoms with E-state index < -0.39 is 0 Å². The van der Waals surface area contributed by atoms with Crippen LogP contribution in [-0.2, 0) is 11.3 Å². The van der Waals surface area contributed by atoms with Gasteiger partial charge in [-0.3, -0.25) is 4.90 Å². The first kappa shape index (κ1) is 13.3. The number of rotatable bonds is 4. The van der Waals surface area contributed by atoms with Gasteiger partial charge in [0.2, 0.25) is 0 Å². The van der Waals surface area contributed by atoms with Crippen LogP contribution < -0.4 is 5.73 Å². The molecule has 100 valence electrons. The molecule has 0 aromatic heterocycles. The van der Waals surface area contributed by atoms with E-state index in [1.807, 2.05) is 13.0 Å². The molecule has 1 aliphatic rings. The average molecular weight is 252 g/mol. The quantitative estimate of drug-likeness (QED) is 0.836. The second-order valence-corrected chi connectivity index (χ2v) is 4.85. The molecule has 1 fully saturated rings. The zero-order valence-electron chi connectivity index (χ0n) is 10.9. The van der Waals surface area contributed by atoms with Gasteiger partial charge >= 0.3 is 0 Å². The molecule has 2 N–H and O–H groups in total. The van der Waals surface area contributed by atoms with E-state index in [-0.39, 0.29) is 5.82 Å². The highest BCUT2D eigenvalue weighted by atomic mass is 19.1. The van der Waals surface area contributed by atoms with Gasteiger partial charge in [-0.2, -0.15) is 0 Å². The van der Waals surface area contributed by atoms with Crippen LogP contribution in [0.4, 0.5) is 10.1 Å². The van der Waals surface area contributed by atoms with Gasteiger partial charge in [-0.15, -0.1) is 0 Å². The number of benzene rings is 1. The molecule has 18 heavy (non-hydrogen) atoms. The summed E-state index contributed by atoms with van der Waals surface area (Å²) in [6.45, 7) is 5.48. The molecule has 1 heterocycles. The summed E-state index contributed by atoms with van der Waals surface area (Å²) in [5.74, 6) is -0.261. The van der Waals surface area contributed by atoms with Crippen LogP contribution in [0.15, 0.2) is 18.2 Å². The lowest BCUT2D eigenvalue weighted by Crippen LogP contribution is -2.39. The van der Waals surface area contributed by atoms with Crippen LogP contribution in [0.2, 0.25) is 0 Å². The third-order valence-corrected chi connectivity index (χ3v) is 3.25. The van der Waals surface area contributed by atoms with E-state index >= 15 is 0 Å². The topological polar surface area (TPSA) is 38.5 Å². The number of hydrogen-bond acceptors (Lipinski definition) is 3. The van der Waals surface area contributed by atoms with Crippen LogP contribution in [0.25, 0.3) is 0 Å². The summed E-state index contributed by atoms with van der Waals surface area (Å²) < 4.78 is 18.9. The Kier molecular flexibility index (Phi) is 4.55. The number of likely N-dealkylation sites (tertiary alicyclic amines) is 1. The summed E-state index contributed by atoms with van der Waals surface area (Å²) in [7, 11) is 0. The lowest BCUT2D eigenvalue weighted by Gasteiger charge is -2.32. The minimum absolute atomic E-state index is 0.261. The molecule has 1 saturated heterocycles. The molecule has 0 amide bonds. The number of anilines is 1. The summed E-state index contributed by atoms with van der Waals surface area (Å²) >= 11 is 0. The summed E-state index contributed by atoms with van der Waals surface area (Å²) in [4.78, 5) is 2.30. The molecule has 0 bridgehead atoms. The Morgan fingerprint density at radius 3 is 3.00 bits per heavy atom. The Balaban J connectivity index is 1.95. The van der Waals surface area contributed by atoms with Crippen molar-refractivity contribution in [2.75, 3.05) is 25.4 Å². The van der Waals surface area contributed by atoms with Gasteiger partial charge in [0.1, 0.15) is 5.82 Å². The van der Waals surface area contributed by atoms with Gasteiger partial charge in [0.15, 0.2) is 0 Å². The van der Waals surface area contributed by atoms with Crippen LogP contribution in [0.5, 0.6) is 0 Å². The maximum absolute atomic E-state index is 13.3. The standard InChI is InChI=1S/C14H21FN2O/c1-2-18-14-4-3-5-17(10-14)9-11-6-12(15)8-13(16)7-11/h6-8,14H,2-5,9-10,16H2,1H3. The summed E-state index contributed by atoms with van der Waals surface area (Å²) in [5.41, 5.74) is 7.08. The molecule has 0 spiro atoms. The molecule has 1 aromatic rings. The number of piperidine rings is 1. The van der Waals surface area contributed by atoms with Gasteiger partial charge in [-0.05, 0) is 50.1 Å². The van der Waals surface area contributed by atoms with E-state index in [1.165, 1.54) is 6.07 Å². The van der Waals surface area contributed by atoms with Crippen molar-refractivity contribution in [2.24, 2.45) is 0 Å². The molecule has 1 unspecified atom stereocenters. The number of nitrogen functional groups attached to an aromatic ring is 1. The Hall–Kier alpha value is -1.13. The van der Waals surface area contributed by atoms with Crippen molar-refractivity contribution in [1.82, 2.24) is 4.90 Å². The van der Waals surface area contributed by atoms with E-state index in [0.717, 1.165) is 44.6 Å². The smallest absolute Gasteiger partial charge is 0.125 e. The molecule has 1 aromatic carbocycles. The molecule has 0 aliphatic carbocycles. The van der Waals surface area contributed by atoms with Crippen LogP contribution in [0, 0.1) is 5.82 Å². The van der Waals surface area contributed by atoms with E-state index in [1.54, 1.807) is 6.07 Å². The van der Waals surface area contributed by atoms with Crippen LogP contribution >= 0.6 is 0 Å². The molecule has 0 radical (unpaired) electrons. The van der Waals surface area contributed by atoms with Gasteiger partial charge in [0.05, 0.1) is 6.10 Å². The molecule has 2 rings (SSSR count). The molecule has 0 saturated carbocycles. The molecule has 3 nitrogen and oxygen atoms in total. The third-order valence-electron chi connectivity index (χ3n) is 3.25. The monoisotopic (exact) mass is 252 g/mol. The van der Waals surface area contributed by atoms with Gasteiger partial charge in [0.25, 0.3) is 0 Å². The first-order valence-electron chi connectivity index (χ1n) is 6.56. The number of hydrogen-bond donors (Lipinski definition) is 1. The van der Waals surface area contributed by atoms with Crippen molar-refractivity contribution in [3.63, 3.8) is 0 Å². The predicted molar refractivity (Wildman–Crippen MR) is 70.7 cm³/mol. The molecular weight excluding hydrogens is 231 g/mol. The highest BCUT2D eigenvalue weighted by molar-refractivity contribution is 5.41. The Morgan fingerprint density at radius 1 is 1.44 bits per heavy atom. The summed E-state index contributed by atoms with van der Waals surface area (Å²) in [6, 6.07) is 4.75. The number of nitrogens with zero attached hydrogens (tertiary/aromatic N) is 1. The Labute approximate surface area is 108 Å². The van der Waals surface area contributed by atoms with Gasteiger partial charge in [-0.25, -0.2) is 4.39 Å². The van der Waals surface area contributed by atoms with Crippen LogP contribution in [0.3, 0.4) is 0 Å². The molecular formula is C14H21FN2O. The number of ether oxygens (including phenoxy) is 1. The fourth-order valence-corrected chi connectivity index (χ4v) is 2.55. The van der Waals surface area contributed by atoms with Crippen molar-refractivity contribution in [2.45, 2.75) is 32.4 Å². The van der Waals surface area contributed by atoms with E-state index in [0.29, 0.717) is 11.8 Å². The van der Waals surface area contributed by atoms with Crippen molar-refractivity contribution < 1.29 is 9.13 Å². The zero-order chi connectivity index (χ0) is 13.0. The highest BCUT2D eigenvalue weighted by Crippen LogP contribution is 2.18. The average Bonchev–Trinajstić information content (AvgIpc) is 2.28. The van der Waals surface area contributed by atoms with Gasteiger partial charge in [0, 0.05) is 25.4 Å². The van der Waals surface area contributed by atoms with E-state index in [4.69, 9.17) is 10.5 Å². The fourth-order valence-electron chi connectivity index (χ4n) is 2.55. The Morgan fingerprint density at radius 2 is 2.28 bits per heavy atom. The molecule has 1 atom stereocenters. The maximum Gasteiger partial charge on any atom is 0.125 e. The van der Waals surface area contributed by atoms with E-state index in [9.17, 15) is 4.39 Å². The minimum atomic E-state index is -0.261. The minimum Gasteiger partial charge on any atom is -0.399 e. The first-order chi connectivity index (χ1) is 8.67. The second-order valence-electron chi connectivity index (χ2n) is 4.85.